The molecule has 0 unspecified atom stereocenters. The second kappa shape index (κ2) is 8.08. The highest BCUT2D eigenvalue weighted by Crippen LogP contribution is 2.43. The van der Waals surface area contributed by atoms with Crippen LogP contribution in [0.2, 0.25) is 0 Å². The first-order chi connectivity index (χ1) is 10.1. The zero-order chi connectivity index (χ0) is 16.9. The zero-order valence-electron chi connectivity index (χ0n) is 15.3. The van der Waals surface area contributed by atoms with Gasteiger partial charge in [-0.25, -0.2) is 8.78 Å². The van der Waals surface area contributed by atoms with Gasteiger partial charge in [-0.15, -0.1) is 0 Å². The molecule has 0 aromatic heterocycles. The SMILES string of the molecule is CC(C)OCC1(CCCCC(F)(F)C(C)(C)C)CCCCC1. The topological polar surface area (TPSA) is 9.23 Å². The molecule has 0 spiro atoms. The van der Waals surface area contributed by atoms with E-state index in [1.54, 1.807) is 20.8 Å². The van der Waals surface area contributed by atoms with E-state index in [2.05, 4.69) is 13.8 Å². The van der Waals surface area contributed by atoms with E-state index in [1.807, 2.05) is 0 Å². The molecule has 1 nitrogen and oxygen atoms in total. The van der Waals surface area contributed by atoms with Crippen molar-refractivity contribution in [3.05, 3.63) is 0 Å². The van der Waals surface area contributed by atoms with Gasteiger partial charge >= 0.3 is 0 Å². The Kier molecular flexibility index (Phi) is 7.29. The third-order valence-electron chi connectivity index (χ3n) is 5.18. The number of hydrogen-bond acceptors (Lipinski definition) is 1. The summed E-state index contributed by atoms with van der Waals surface area (Å²) in [4.78, 5) is 0. The molecule has 22 heavy (non-hydrogen) atoms. The fourth-order valence-corrected chi connectivity index (χ4v) is 3.33. The maximum Gasteiger partial charge on any atom is 0.252 e. The Hall–Kier alpha value is -0.180. The molecule has 0 amide bonds. The molecule has 0 aromatic carbocycles. The maximum atomic E-state index is 14.0. The number of unbranched alkanes of at least 4 members (excludes halogenated alkanes) is 1. The third kappa shape index (κ3) is 6.14. The van der Waals surface area contributed by atoms with Gasteiger partial charge < -0.3 is 4.74 Å². The summed E-state index contributed by atoms with van der Waals surface area (Å²) in [7, 11) is 0. The Bertz CT molecular complexity index is 312. The van der Waals surface area contributed by atoms with Crippen LogP contribution in [0, 0.1) is 10.8 Å². The quantitative estimate of drug-likeness (QED) is 0.458. The summed E-state index contributed by atoms with van der Waals surface area (Å²) in [5.74, 6) is -2.57. The van der Waals surface area contributed by atoms with Gasteiger partial charge in [-0.2, -0.15) is 0 Å². The normalized spacial score (nSPS) is 19.6. The van der Waals surface area contributed by atoms with Gasteiger partial charge in [0.1, 0.15) is 0 Å². The monoisotopic (exact) mass is 318 g/mol. The second-order valence-electron chi connectivity index (χ2n) is 8.58. The van der Waals surface area contributed by atoms with Gasteiger partial charge in [-0.3, -0.25) is 0 Å². The van der Waals surface area contributed by atoms with E-state index in [0.717, 1.165) is 19.4 Å². The van der Waals surface area contributed by atoms with Crippen molar-refractivity contribution in [1.29, 1.82) is 0 Å². The van der Waals surface area contributed by atoms with Crippen molar-refractivity contribution in [1.82, 2.24) is 0 Å². The lowest BCUT2D eigenvalue weighted by Crippen LogP contribution is -2.34. The van der Waals surface area contributed by atoms with Gasteiger partial charge in [0.2, 0.25) is 0 Å². The van der Waals surface area contributed by atoms with Crippen molar-refractivity contribution in [3.8, 4) is 0 Å². The van der Waals surface area contributed by atoms with Crippen LogP contribution < -0.4 is 0 Å². The molecular formula is C19H36F2O. The molecule has 0 radical (unpaired) electrons. The minimum atomic E-state index is -2.57. The minimum absolute atomic E-state index is 0.0115. The molecule has 1 fully saturated rings. The van der Waals surface area contributed by atoms with Crippen LogP contribution in [0.25, 0.3) is 0 Å². The average Bonchev–Trinajstić information content (AvgIpc) is 2.41. The maximum absolute atomic E-state index is 14.0. The predicted molar refractivity (Wildman–Crippen MR) is 89.5 cm³/mol. The second-order valence-corrected chi connectivity index (χ2v) is 8.58. The molecule has 0 aliphatic heterocycles. The van der Waals surface area contributed by atoms with Gasteiger partial charge in [0.05, 0.1) is 12.7 Å². The summed E-state index contributed by atoms with van der Waals surface area (Å²) in [6.45, 7) is 9.84. The van der Waals surface area contributed by atoms with Gasteiger partial charge in [0.25, 0.3) is 5.92 Å². The molecule has 1 aliphatic carbocycles. The lowest BCUT2D eigenvalue weighted by molar-refractivity contribution is -0.105. The van der Waals surface area contributed by atoms with Crippen molar-refractivity contribution in [2.45, 2.75) is 104 Å². The standard InChI is InChI=1S/C19H36F2O/c1-16(2)22-15-18(11-7-6-8-12-18)13-9-10-14-19(20,21)17(3,4)5/h16H,6-15H2,1-5H3. The summed E-state index contributed by atoms with van der Waals surface area (Å²) in [5.41, 5.74) is -0.685. The highest BCUT2D eigenvalue weighted by molar-refractivity contribution is 4.85. The van der Waals surface area contributed by atoms with Gasteiger partial charge in [0.15, 0.2) is 0 Å². The smallest absolute Gasteiger partial charge is 0.252 e. The largest absolute Gasteiger partial charge is 0.378 e. The van der Waals surface area contributed by atoms with Crippen LogP contribution in [-0.4, -0.2) is 18.6 Å². The lowest BCUT2D eigenvalue weighted by Gasteiger charge is -2.38. The van der Waals surface area contributed by atoms with Crippen LogP contribution >= 0.6 is 0 Å². The van der Waals surface area contributed by atoms with Crippen LogP contribution in [0.15, 0.2) is 0 Å². The van der Waals surface area contributed by atoms with Crippen LogP contribution in [0.4, 0.5) is 8.78 Å². The average molecular weight is 318 g/mol. The highest BCUT2D eigenvalue weighted by Gasteiger charge is 2.42. The van der Waals surface area contributed by atoms with Crippen LogP contribution in [-0.2, 0) is 4.74 Å². The van der Waals surface area contributed by atoms with Crippen molar-refractivity contribution in [3.63, 3.8) is 0 Å². The predicted octanol–water partition coefficient (Wildman–Crippen LogP) is 6.60. The lowest BCUT2D eigenvalue weighted by atomic mass is 9.71. The van der Waals surface area contributed by atoms with Crippen molar-refractivity contribution >= 4 is 0 Å². The number of ether oxygens (including phenoxy) is 1. The minimum Gasteiger partial charge on any atom is -0.378 e. The summed E-state index contributed by atoms with van der Waals surface area (Å²) in [6.07, 6.45) is 9.07. The Labute approximate surface area is 136 Å². The van der Waals surface area contributed by atoms with Crippen molar-refractivity contribution in [2.24, 2.45) is 10.8 Å². The Balaban J connectivity index is 2.44. The van der Waals surface area contributed by atoms with E-state index >= 15 is 0 Å². The van der Waals surface area contributed by atoms with Crippen molar-refractivity contribution in [2.75, 3.05) is 6.61 Å². The molecule has 1 rings (SSSR count). The first kappa shape index (κ1) is 19.9. The fourth-order valence-electron chi connectivity index (χ4n) is 3.33. The van der Waals surface area contributed by atoms with Crippen LogP contribution in [0.3, 0.4) is 0 Å². The van der Waals surface area contributed by atoms with E-state index < -0.39 is 11.3 Å². The number of halogens is 2. The number of rotatable bonds is 8. The molecule has 1 aliphatic rings. The Morgan fingerprint density at radius 3 is 2.09 bits per heavy atom. The number of alkyl halides is 2. The van der Waals surface area contributed by atoms with Gasteiger partial charge in [0, 0.05) is 11.8 Å². The molecule has 0 N–H and O–H groups in total. The molecule has 0 atom stereocenters. The molecular weight excluding hydrogens is 282 g/mol. The molecule has 0 aromatic rings. The first-order valence-electron chi connectivity index (χ1n) is 9.07. The fraction of sp³-hybridized carbons (Fsp3) is 1.00. The summed E-state index contributed by atoms with van der Waals surface area (Å²) < 4.78 is 33.9. The van der Waals surface area contributed by atoms with E-state index in [9.17, 15) is 8.78 Å². The molecule has 0 heterocycles. The Morgan fingerprint density at radius 2 is 1.59 bits per heavy atom. The molecule has 0 saturated heterocycles. The zero-order valence-corrected chi connectivity index (χ0v) is 15.3. The number of hydrogen-bond donors (Lipinski definition) is 0. The summed E-state index contributed by atoms with van der Waals surface area (Å²) >= 11 is 0. The summed E-state index contributed by atoms with van der Waals surface area (Å²) in [6, 6.07) is 0. The first-order valence-corrected chi connectivity index (χ1v) is 9.07. The molecule has 3 heteroatoms. The van der Waals surface area contributed by atoms with Crippen molar-refractivity contribution < 1.29 is 13.5 Å². The van der Waals surface area contributed by atoms with Crippen LogP contribution in [0.5, 0.6) is 0 Å². The van der Waals surface area contributed by atoms with E-state index in [1.165, 1.54) is 32.1 Å². The highest BCUT2D eigenvalue weighted by atomic mass is 19.3. The molecule has 1 saturated carbocycles. The molecule has 0 bridgehead atoms. The molecule has 132 valence electrons. The Morgan fingerprint density at radius 1 is 1.00 bits per heavy atom. The van der Waals surface area contributed by atoms with Gasteiger partial charge in [-0.05, 0) is 44.9 Å². The van der Waals surface area contributed by atoms with Gasteiger partial charge in [-0.1, -0.05) is 46.5 Å². The van der Waals surface area contributed by atoms with E-state index in [4.69, 9.17) is 4.74 Å². The van der Waals surface area contributed by atoms with E-state index in [-0.39, 0.29) is 17.9 Å². The summed E-state index contributed by atoms with van der Waals surface area (Å²) in [5, 5.41) is 0. The van der Waals surface area contributed by atoms with Crippen LogP contribution in [0.1, 0.15) is 92.4 Å². The third-order valence-corrected chi connectivity index (χ3v) is 5.18. The van der Waals surface area contributed by atoms with E-state index in [0.29, 0.717) is 6.42 Å².